The monoisotopic (exact) mass is 247 g/mol. The van der Waals surface area contributed by atoms with Crippen molar-refractivity contribution in [1.82, 2.24) is 4.98 Å². The van der Waals surface area contributed by atoms with Crippen LogP contribution in [-0.2, 0) is 4.79 Å². The second-order valence-corrected chi connectivity index (χ2v) is 4.92. The number of rotatable bonds is 5. The van der Waals surface area contributed by atoms with Crippen molar-refractivity contribution >= 4 is 17.4 Å². The number of hydrogen-bond acceptors (Lipinski definition) is 3. The molecule has 1 saturated carbocycles. The van der Waals surface area contributed by atoms with E-state index in [1.165, 1.54) is 25.7 Å². The Kier molecular flexibility index (Phi) is 4.56. The Hall–Kier alpha value is -1.58. The highest BCUT2D eigenvalue weighted by Gasteiger charge is 2.16. The van der Waals surface area contributed by atoms with E-state index in [9.17, 15) is 4.79 Å². The molecule has 1 amide bonds. The lowest BCUT2D eigenvalue weighted by Gasteiger charge is -2.09. The van der Waals surface area contributed by atoms with Crippen molar-refractivity contribution in [1.29, 1.82) is 0 Å². The zero-order valence-corrected chi connectivity index (χ0v) is 10.9. The van der Waals surface area contributed by atoms with E-state index in [2.05, 4.69) is 15.6 Å². The lowest BCUT2D eigenvalue weighted by Crippen LogP contribution is -2.13. The molecule has 1 fully saturated rings. The summed E-state index contributed by atoms with van der Waals surface area (Å²) >= 11 is 0. The van der Waals surface area contributed by atoms with Crippen LogP contribution in [0, 0.1) is 5.92 Å². The summed E-state index contributed by atoms with van der Waals surface area (Å²) in [5.41, 5.74) is 0.769. The summed E-state index contributed by atoms with van der Waals surface area (Å²) < 4.78 is 0. The molecule has 18 heavy (non-hydrogen) atoms. The number of hydrogen-bond donors (Lipinski definition) is 2. The van der Waals surface area contributed by atoms with Crippen molar-refractivity contribution in [2.24, 2.45) is 5.92 Å². The van der Waals surface area contributed by atoms with Gasteiger partial charge in [-0.2, -0.15) is 0 Å². The number of nitrogens with zero attached hydrogens (tertiary/aromatic N) is 1. The van der Waals surface area contributed by atoms with Crippen LogP contribution < -0.4 is 10.6 Å². The number of anilines is 2. The molecule has 0 saturated heterocycles. The molecule has 0 bridgehead atoms. The molecule has 1 aliphatic carbocycles. The fraction of sp³-hybridized carbons (Fsp3) is 0.571. The number of carbonyl (C=O) groups excluding carboxylic acids is 1. The van der Waals surface area contributed by atoms with Crippen molar-refractivity contribution in [3.63, 3.8) is 0 Å². The molecule has 1 aliphatic rings. The Balaban J connectivity index is 1.75. The van der Waals surface area contributed by atoms with E-state index in [1.54, 1.807) is 6.20 Å². The fourth-order valence-electron chi connectivity index (χ4n) is 2.47. The van der Waals surface area contributed by atoms with Crippen LogP contribution in [0.1, 0.15) is 38.5 Å². The first-order valence-corrected chi connectivity index (χ1v) is 6.71. The van der Waals surface area contributed by atoms with Gasteiger partial charge in [0.05, 0.1) is 11.9 Å². The van der Waals surface area contributed by atoms with Crippen molar-refractivity contribution in [3.8, 4) is 0 Å². The third-order valence-corrected chi connectivity index (χ3v) is 3.56. The minimum Gasteiger partial charge on any atom is -0.373 e. The maximum absolute atomic E-state index is 11.8. The zero-order valence-electron chi connectivity index (χ0n) is 10.9. The number of amides is 1. The molecule has 1 aromatic heterocycles. The van der Waals surface area contributed by atoms with Gasteiger partial charge in [-0.1, -0.05) is 25.7 Å². The maximum atomic E-state index is 11.8. The Morgan fingerprint density at radius 2 is 2.17 bits per heavy atom. The molecule has 2 N–H and O–H groups in total. The van der Waals surface area contributed by atoms with Gasteiger partial charge in [0.1, 0.15) is 5.82 Å². The van der Waals surface area contributed by atoms with Gasteiger partial charge in [-0.25, -0.2) is 4.98 Å². The van der Waals surface area contributed by atoms with Crippen LogP contribution in [0.3, 0.4) is 0 Å². The first-order chi connectivity index (χ1) is 8.78. The van der Waals surface area contributed by atoms with Crippen LogP contribution in [0.2, 0.25) is 0 Å². The normalized spacial score (nSPS) is 15.6. The van der Waals surface area contributed by atoms with Crippen LogP contribution in [0.25, 0.3) is 0 Å². The fourth-order valence-corrected chi connectivity index (χ4v) is 2.47. The molecular formula is C14H21N3O. The SMILES string of the molecule is CNc1ccc(NC(=O)CCC2CCCC2)cn1. The molecule has 4 heteroatoms. The smallest absolute Gasteiger partial charge is 0.224 e. The van der Waals surface area contributed by atoms with Crippen molar-refractivity contribution in [2.45, 2.75) is 38.5 Å². The third-order valence-electron chi connectivity index (χ3n) is 3.56. The maximum Gasteiger partial charge on any atom is 0.224 e. The van der Waals surface area contributed by atoms with Gasteiger partial charge in [0.15, 0.2) is 0 Å². The quantitative estimate of drug-likeness (QED) is 0.841. The summed E-state index contributed by atoms with van der Waals surface area (Å²) in [6.07, 6.45) is 8.59. The molecule has 1 heterocycles. The number of pyridine rings is 1. The topological polar surface area (TPSA) is 54.0 Å². The van der Waals surface area contributed by atoms with Gasteiger partial charge >= 0.3 is 0 Å². The van der Waals surface area contributed by atoms with E-state index in [1.807, 2.05) is 19.2 Å². The predicted octanol–water partition coefficient (Wildman–Crippen LogP) is 3.03. The van der Waals surface area contributed by atoms with Crippen molar-refractivity contribution < 1.29 is 4.79 Å². The average Bonchev–Trinajstić information content (AvgIpc) is 2.90. The standard InChI is InChI=1S/C14H21N3O/c1-15-13-8-7-12(10-16-13)17-14(18)9-6-11-4-2-3-5-11/h7-8,10-11H,2-6,9H2,1H3,(H,15,16)(H,17,18). The van der Waals surface area contributed by atoms with Gasteiger partial charge in [-0.15, -0.1) is 0 Å². The molecule has 2 rings (SSSR count). The summed E-state index contributed by atoms with van der Waals surface area (Å²) in [6.45, 7) is 0. The molecule has 0 radical (unpaired) electrons. The van der Waals surface area contributed by atoms with E-state index in [4.69, 9.17) is 0 Å². The largest absolute Gasteiger partial charge is 0.373 e. The molecule has 0 spiro atoms. The molecule has 0 atom stereocenters. The third kappa shape index (κ3) is 3.72. The van der Waals surface area contributed by atoms with Gasteiger partial charge in [-0.3, -0.25) is 4.79 Å². The molecule has 1 aromatic rings. The van der Waals surface area contributed by atoms with Crippen molar-refractivity contribution in [2.75, 3.05) is 17.7 Å². The highest BCUT2D eigenvalue weighted by Crippen LogP contribution is 2.28. The summed E-state index contributed by atoms with van der Waals surface area (Å²) in [6, 6.07) is 3.72. The van der Waals surface area contributed by atoms with Gasteiger partial charge in [-0.05, 0) is 24.5 Å². The van der Waals surface area contributed by atoms with Crippen LogP contribution in [-0.4, -0.2) is 17.9 Å². The number of aromatic nitrogens is 1. The predicted molar refractivity (Wildman–Crippen MR) is 73.6 cm³/mol. The molecular weight excluding hydrogens is 226 g/mol. The second-order valence-electron chi connectivity index (χ2n) is 4.92. The lowest BCUT2D eigenvalue weighted by molar-refractivity contribution is -0.116. The van der Waals surface area contributed by atoms with Crippen LogP contribution in [0.15, 0.2) is 18.3 Å². The average molecular weight is 247 g/mol. The van der Waals surface area contributed by atoms with Gasteiger partial charge in [0, 0.05) is 13.5 Å². The Bertz CT molecular complexity index is 383. The van der Waals surface area contributed by atoms with E-state index >= 15 is 0 Å². The summed E-state index contributed by atoms with van der Waals surface area (Å²) in [4.78, 5) is 15.9. The Morgan fingerprint density at radius 3 is 2.78 bits per heavy atom. The van der Waals surface area contributed by atoms with Gasteiger partial charge < -0.3 is 10.6 Å². The second kappa shape index (κ2) is 6.38. The van der Waals surface area contributed by atoms with Crippen molar-refractivity contribution in [3.05, 3.63) is 18.3 Å². The van der Waals surface area contributed by atoms with Crippen LogP contribution in [0.4, 0.5) is 11.5 Å². The zero-order chi connectivity index (χ0) is 12.8. The summed E-state index contributed by atoms with van der Waals surface area (Å²) in [5.74, 6) is 1.67. The summed E-state index contributed by atoms with van der Waals surface area (Å²) in [5, 5.41) is 5.83. The first kappa shape index (κ1) is 12.9. The summed E-state index contributed by atoms with van der Waals surface area (Å²) in [7, 11) is 1.82. The van der Waals surface area contributed by atoms with Crippen LogP contribution >= 0.6 is 0 Å². The molecule has 0 unspecified atom stereocenters. The van der Waals surface area contributed by atoms with E-state index in [-0.39, 0.29) is 5.91 Å². The van der Waals surface area contributed by atoms with Gasteiger partial charge in [0.2, 0.25) is 5.91 Å². The molecule has 0 aliphatic heterocycles. The van der Waals surface area contributed by atoms with Crippen LogP contribution in [0.5, 0.6) is 0 Å². The first-order valence-electron chi connectivity index (χ1n) is 6.71. The lowest BCUT2D eigenvalue weighted by atomic mass is 10.0. The molecule has 4 nitrogen and oxygen atoms in total. The minimum atomic E-state index is 0.0981. The highest BCUT2D eigenvalue weighted by atomic mass is 16.1. The number of carbonyl (C=O) groups is 1. The van der Waals surface area contributed by atoms with E-state index < -0.39 is 0 Å². The molecule has 0 aromatic carbocycles. The van der Waals surface area contributed by atoms with E-state index in [0.29, 0.717) is 6.42 Å². The molecule has 98 valence electrons. The number of nitrogens with one attached hydrogen (secondary N) is 2. The Labute approximate surface area is 108 Å². The van der Waals surface area contributed by atoms with E-state index in [0.717, 1.165) is 23.8 Å². The Morgan fingerprint density at radius 1 is 1.39 bits per heavy atom. The van der Waals surface area contributed by atoms with Gasteiger partial charge in [0.25, 0.3) is 0 Å². The minimum absolute atomic E-state index is 0.0981. The highest BCUT2D eigenvalue weighted by molar-refractivity contribution is 5.90.